The molecule has 0 amide bonds. The molecule has 1 atom stereocenters. The molecule has 0 N–H and O–H groups in total. The van der Waals surface area contributed by atoms with Gasteiger partial charge in [-0.3, -0.25) is 0 Å². The lowest BCUT2D eigenvalue weighted by Crippen LogP contribution is -2.19. The topological polar surface area (TPSA) is 43.4 Å². The van der Waals surface area contributed by atoms with Gasteiger partial charge >= 0.3 is 0 Å². The van der Waals surface area contributed by atoms with Gasteiger partial charge in [0.1, 0.15) is 6.61 Å². The Hall–Kier alpha value is 0.0600. The summed E-state index contributed by atoms with van der Waals surface area (Å²) in [5.74, 6) is -0.565. The van der Waals surface area contributed by atoms with Crippen molar-refractivity contribution in [3.05, 3.63) is 0 Å². The smallest absolute Gasteiger partial charge is 0.261 e. The first-order valence-electron chi connectivity index (χ1n) is 4.13. The zero-order valence-electron chi connectivity index (χ0n) is 7.75. The molecular weight excluding hydrogens is 238 g/mol. The van der Waals surface area contributed by atoms with Gasteiger partial charge in [0, 0.05) is 10.7 Å². The molecule has 14 heavy (non-hydrogen) atoms. The van der Waals surface area contributed by atoms with Gasteiger partial charge in [0.15, 0.2) is 0 Å². The van der Waals surface area contributed by atoms with Crippen LogP contribution in [0.5, 0.6) is 0 Å². The highest BCUT2D eigenvalue weighted by atomic mass is 35.7. The van der Waals surface area contributed by atoms with Crippen LogP contribution < -0.4 is 0 Å². The molecule has 1 unspecified atom stereocenters. The lowest BCUT2D eigenvalue weighted by molar-refractivity contribution is 0.00603. The summed E-state index contributed by atoms with van der Waals surface area (Å²) in [6.45, 7) is 1.07. The Bertz CT molecular complexity index is 243. The largest absolute Gasteiger partial charge is 0.375 e. The van der Waals surface area contributed by atoms with Crippen LogP contribution in [0.3, 0.4) is 0 Å². The van der Waals surface area contributed by atoms with Crippen molar-refractivity contribution in [2.24, 2.45) is 5.92 Å². The van der Waals surface area contributed by atoms with Crippen molar-refractivity contribution in [2.45, 2.75) is 19.8 Å². The average Bonchev–Trinajstić information content (AvgIpc) is 1.99. The molecule has 0 aliphatic heterocycles. The first kappa shape index (κ1) is 14.1. The predicted octanol–water partition coefficient (Wildman–Crippen LogP) is 1.86. The summed E-state index contributed by atoms with van der Waals surface area (Å²) in [5, 5.41) is 0. The number of hydrogen-bond acceptors (Lipinski definition) is 3. The van der Waals surface area contributed by atoms with Crippen LogP contribution in [0.1, 0.15) is 13.3 Å². The van der Waals surface area contributed by atoms with E-state index in [0.717, 1.165) is 0 Å². The Morgan fingerprint density at radius 1 is 1.36 bits per heavy atom. The third kappa shape index (κ3) is 8.65. The summed E-state index contributed by atoms with van der Waals surface area (Å²) in [4.78, 5) is 0. The molecule has 0 fully saturated rings. The molecule has 7 heteroatoms. The number of rotatable bonds is 7. The fourth-order valence-corrected chi connectivity index (χ4v) is 2.32. The molecule has 0 aromatic rings. The zero-order chi connectivity index (χ0) is 11.2. The summed E-state index contributed by atoms with van der Waals surface area (Å²) in [6, 6.07) is 0. The van der Waals surface area contributed by atoms with Crippen molar-refractivity contribution in [1.29, 1.82) is 0 Å². The van der Waals surface area contributed by atoms with E-state index in [1.165, 1.54) is 0 Å². The summed E-state index contributed by atoms with van der Waals surface area (Å²) in [6.07, 6.45) is -2.00. The van der Waals surface area contributed by atoms with Crippen molar-refractivity contribution in [3.8, 4) is 0 Å². The maximum Gasteiger partial charge on any atom is 0.261 e. The van der Waals surface area contributed by atoms with E-state index in [2.05, 4.69) is 4.74 Å². The molecule has 3 nitrogen and oxygen atoms in total. The van der Waals surface area contributed by atoms with Crippen molar-refractivity contribution >= 4 is 19.7 Å². The average molecular weight is 251 g/mol. The van der Waals surface area contributed by atoms with E-state index in [-0.39, 0.29) is 18.3 Å². The van der Waals surface area contributed by atoms with Crippen molar-refractivity contribution in [3.63, 3.8) is 0 Å². The Morgan fingerprint density at radius 2 is 1.93 bits per heavy atom. The normalized spacial score (nSPS) is 14.6. The fourth-order valence-electron chi connectivity index (χ4n) is 0.889. The molecule has 0 radical (unpaired) electrons. The van der Waals surface area contributed by atoms with E-state index < -0.39 is 22.1 Å². The number of halogens is 3. The molecule has 0 rings (SSSR count). The standard InChI is InChI=1S/C7H13ClF2O3S/c1-2-6(5-14(8,11)12)3-13-4-7(9)10/h6-7H,2-5H2,1H3. The SMILES string of the molecule is CCC(COCC(F)F)CS(=O)(=O)Cl. The molecule has 0 aromatic heterocycles. The lowest BCUT2D eigenvalue weighted by atomic mass is 10.1. The molecule has 0 spiro atoms. The van der Waals surface area contributed by atoms with E-state index in [4.69, 9.17) is 10.7 Å². The van der Waals surface area contributed by atoms with E-state index in [9.17, 15) is 17.2 Å². The second-order valence-corrected chi connectivity index (χ2v) is 5.73. The molecule has 0 aromatic carbocycles. The van der Waals surface area contributed by atoms with Crippen LogP contribution in [0.2, 0.25) is 0 Å². The van der Waals surface area contributed by atoms with Crippen molar-refractivity contribution < 1.29 is 21.9 Å². The van der Waals surface area contributed by atoms with Gasteiger partial charge in [-0.25, -0.2) is 17.2 Å². The zero-order valence-corrected chi connectivity index (χ0v) is 9.32. The van der Waals surface area contributed by atoms with Crippen molar-refractivity contribution in [2.75, 3.05) is 19.0 Å². The molecular formula is C7H13ClF2O3S. The maximum absolute atomic E-state index is 11.7. The monoisotopic (exact) mass is 250 g/mol. The molecule has 0 bridgehead atoms. The molecule has 0 saturated carbocycles. The summed E-state index contributed by atoms with van der Waals surface area (Å²) in [7, 11) is 1.44. The van der Waals surface area contributed by atoms with Crippen molar-refractivity contribution in [1.82, 2.24) is 0 Å². The number of alkyl halides is 2. The third-order valence-corrected chi connectivity index (χ3v) is 2.86. The third-order valence-electron chi connectivity index (χ3n) is 1.61. The predicted molar refractivity (Wildman–Crippen MR) is 50.2 cm³/mol. The van der Waals surface area contributed by atoms with E-state index >= 15 is 0 Å². The minimum Gasteiger partial charge on any atom is -0.375 e. The number of ether oxygens (including phenoxy) is 1. The van der Waals surface area contributed by atoms with Gasteiger partial charge in [0.2, 0.25) is 9.05 Å². The van der Waals surface area contributed by atoms with Crippen LogP contribution in [0.25, 0.3) is 0 Å². The second-order valence-electron chi connectivity index (χ2n) is 2.91. The molecule has 86 valence electrons. The molecule has 0 heterocycles. The molecule has 0 aliphatic carbocycles. The maximum atomic E-state index is 11.7. The minimum absolute atomic E-state index is 0.00715. The summed E-state index contributed by atoms with van der Waals surface area (Å²) >= 11 is 0. The fraction of sp³-hybridized carbons (Fsp3) is 1.00. The highest BCUT2D eigenvalue weighted by Crippen LogP contribution is 2.10. The molecule has 0 aliphatic rings. The summed E-state index contributed by atoms with van der Waals surface area (Å²) < 4.78 is 49.3. The van der Waals surface area contributed by atoms with E-state index in [1.807, 2.05) is 0 Å². The highest BCUT2D eigenvalue weighted by molar-refractivity contribution is 8.13. The second kappa shape index (κ2) is 6.53. The minimum atomic E-state index is -3.58. The van der Waals surface area contributed by atoms with Crippen LogP contribution in [-0.4, -0.2) is 33.8 Å². The van der Waals surface area contributed by atoms with Gasteiger partial charge < -0.3 is 4.74 Å². The Balaban J connectivity index is 3.81. The van der Waals surface area contributed by atoms with Crippen LogP contribution in [-0.2, 0) is 13.8 Å². The van der Waals surface area contributed by atoms with Crippen LogP contribution in [0.4, 0.5) is 8.78 Å². The van der Waals surface area contributed by atoms with Gasteiger partial charge in [0.25, 0.3) is 6.43 Å². The Kier molecular flexibility index (Phi) is 6.55. The quantitative estimate of drug-likeness (QED) is 0.648. The van der Waals surface area contributed by atoms with E-state index in [1.54, 1.807) is 6.92 Å². The van der Waals surface area contributed by atoms with Gasteiger partial charge in [-0.2, -0.15) is 0 Å². The van der Waals surface area contributed by atoms with E-state index in [0.29, 0.717) is 6.42 Å². The molecule has 0 saturated heterocycles. The van der Waals surface area contributed by atoms with Gasteiger partial charge in [-0.15, -0.1) is 0 Å². The summed E-state index contributed by atoms with van der Waals surface area (Å²) in [5.41, 5.74) is 0. The first-order chi connectivity index (χ1) is 6.35. The van der Waals surface area contributed by atoms with Crippen LogP contribution in [0.15, 0.2) is 0 Å². The van der Waals surface area contributed by atoms with Crippen LogP contribution >= 0.6 is 10.7 Å². The van der Waals surface area contributed by atoms with Gasteiger partial charge in [0.05, 0.1) is 12.4 Å². The Labute approximate surface area is 86.8 Å². The van der Waals surface area contributed by atoms with Gasteiger partial charge in [-0.1, -0.05) is 13.3 Å². The number of hydrogen-bond donors (Lipinski definition) is 0. The lowest BCUT2D eigenvalue weighted by Gasteiger charge is -2.12. The first-order valence-corrected chi connectivity index (χ1v) is 6.61. The Morgan fingerprint density at radius 3 is 2.29 bits per heavy atom. The highest BCUT2D eigenvalue weighted by Gasteiger charge is 2.16. The van der Waals surface area contributed by atoms with Crippen LogP contribution in [0, 0.1) is 5.92 Å². The van der Waals surface area contributed by atoms with Gasteiger partial charge in [-0.05, 0) is 5.92 Å².